The first kappa shape index (κ1) is 22.3. The van der Waals surface area contributed by atoms with Gasteiger partial charge >= 0.3 is 5.97 Å². The molecule has 172 valence electrons. The quantitative estimate of drug-likeness (QED) is 0.510. The average Bonchev–Trinajstić information content (AvgIpc) is 3.39. The van der Waals surface area contributed by atoms with E-state index in [4.69, 9.17) is 18.7 Å². The summed E-state index contributed by atoms with van der Waals surface area (Å²) in [4.78, 5) is 20.9. The molecule has 0 radical (unpaired) electrons. The highest BCUT2D eigenvalue weighted by Gasteiger charge is 2.31. The Morgan fingerprint density at radius 1 is 1.15 bits per heavy atom. The van der Waals surface area contributed by atoms with Crippen LogP contribution in [0.2, 0.25) is 0 Å². The van der Waals surface area contributed by atoms with E-state index < -0.39 is 22.0 Å². The van der Waals surface area contributed by atoms with Crippen LogP contribution in [0.1, 0.15) is 18.4 Å². The monoisotopic (exact) mass is 472 g/mol. The minimum atomic E-state index is -3.70. The number of hydrogen-bond acceptors (Lipinski definition) is 10. The van der Waals surface area contributed by atoms with Gasteiger partial charge in [0, 0.05) is 11.6 Å². The van der Waals surface area contributed by atoms with Gasteiger partial charge in [-0.1, -0.05) is 17.3 Å². The van der Waals surface area contributed by atoms with Gasteiger partial charge in [-0.2, -0.15) is 4.98 Å². The zero-order chi connectivity index (χ0) is 23.6. The number of ether oxygens (including phenoxy) is 3. The number of fused-ring (bicyclic) bond motifs is 1. The third kappa shape index (κ3) is 4.51. The molecule has 0 spiro atoms. The summed E-state index contributed by atoms with van der Waals surface area (Å²) in [6.07, 6.45) is 0. The Balaban J connectivity index is 1.43. The molecule has 0 bridgehead atoms. The molecule has 4 rings (SSSR count). The first-order chi connectivity index (χ1) is 15.8. The molecule has 1 aliphatic heterocycles. The Morgan fingerprint density at radius 3 is 2.70 bits per heavy atom. The van der Waals surface area contributed by atoms with Gasteiger partial charge in [0.25, 0.3) is 15.9 Å². The van der Waals surface area contributed by atoms with Crippen LogP contribution in [0.5, 0.6) is 11.5 Å². The lowest BCUT2D eigenvalue weighted by molar-refractivity contribution is -0.146. The topological polar surface area (TPSA) is 142 Å². The zero-order valence-electron chi connectivity index (χ0n) is 17.9. The maximum absolute atomic E-state index is 12.4. The second kappa shape index (κ2) is 8.90. The van der Waals surface area contributed by atoms with Crippen molar-refractivity contribution >= 4 is 21.8 Å². The number of carbonyl (C=O) groups is 1. The lowest BCUT2D eigenvalue weighted by Gasteiger charge is -2.08. The number of sulfonamides is 1. The maximum atomic E-state index is 12.4. The van der Waals surface area contributed by atoms with Crippen LogP contribution in [0.4, 0.5) is 0 Å². The van der Waals surface area contributed by atoms with E-state index >= 15 is 0 Å². The Hall–Kier alpha value is -3.93. The van der Waals surface area contributed by atoms with Crippen LogP contribution >= 0.6 is 0 Å². The lowest BCUT2D eigenvalue weighted by atomic mass is 10.2. The number of nitrogens with zero attached hydrogens (tertiary/aromatic N) is 3. The summed E-state index contributed by atoms with van der Waals surface area (Å²) in [7, 11) is -0.650. The van der Waals surface area contributed by atoms with E-state index in [0.29, 0.717) is 22.6 Å². The summed E-state index contributed by atoms with van der Waals surface area (Å²) in [6, 6.07) is 10.5. The predicted molar refractivity (Wildman–Crippen MR) is 115 cm³/mol. The molecule has 3 aromatic rings. The summed E-state index contributed by atoms with van der Waals surface area (Å²) in [5.74, 6) is 0.821. The highest BCUT2D eigenvalue weighted by atomic mass is 32.2. The third-order valence-electron chi connectivity index (χ3n) is 4.78. The van der Waals surface area contributed by atoms with Gasteiger partial charge in [-0.05, 0) is 31.2 Å². The van der Waals surface area contributed by atoms with Crippen molar-refractivity contribution in [3.8, 4) is 22.9 Å². The molecule has 0 amide bonds. The van der Waals surface area contributed by atoms with E-state index in [-0.39, 0.29) is 29.1 Å². The predicted octanol–water partition coefficient (Wildman–Crippen LogP) is 1.92. The van der Waals surface area contributed by atoms with E-state index in [2.05, 4.69) is 19.9 Å². The molecule has 0 saturated carbocycles. The van der Waals surface area contributed by atoms with Crippen LogP contribution < -0.4 is 14.2 Å². The summed E-state index contributed by atoms with van der Waals surface area (Å²) in [5.41, 5.74) is 0.971. The third-order valence-corrected chi connectivity index (χ3v) is 6.18. The van der Waals surface area contributed by atoms with Crippen molar-refractivity contribution in [1.82, 2.24) is 14.9 Å². The normalized spacial score (nSPS) is 16.0. The molecule has 2 heterocycles. The van der Waals surface area contributed by atoms with Gasteiger partial charge in [0.05, 0.1) is 24.7 Å². The van der Waals surface area contributed by atoms with Crippen LogP contribution in [-0.2, 0) is 26.2 Å². The van der Waals surface area contributed by atoms with Gasteiger partial charge in [-0.25, -0.2) is 13.2 Å². The Bertz CT molecular complexity index is 1330. The molecule has 0 aliphatic carbocycles. The van der Waals surface area contributed by atoms with Crippen LogP contribution in [0, 0.1) is 0 Å². The van der Waals surface area contributed by atoms with Crippen LogP contribution in [0.15, 0.2) is 56.9 Å². The number of aromatic nitrogens is 2. The van der Waals surface area contributed by atoms with Crippen LogP contribution in [-0.4, -0.2) is 50.6 Å². The first-order valence-corrected chi connectivity index (χ1v) is 11.2. The number of nitrogens with one attached hydrogen (secondary N) is 1. The number of hydrogen-bond donors (Lipinski definition) is 1. The zero-order valence-corrected chi connectivity index (χ0v) is 18.8. The maximum Gasteiger partial charge on any atom is 0.331 e. The summed E-state index contributed by atoms with van der Waals surface area (Å²) < 4.78 is 47.6. The minimum absolute atomic E-state index is 0.0722. The molecular weight excluding hydrogens is 452 g/mol. The second-order valence-electron chi connectivity index (χ2n) is 6.94. The van der Waals surface area contributed by atoms with Crippen molar-refractivity contribution in [2.45, 2.75) is 24.5 Å². The average molecular weight is 472 g/mol. The number of benzene rings is 2. The highest BCUT2D eigenvalue weighted by Crippen LogP contribution is 2.31. The highest BCUT2D eigenvalue weighted by molar-refractivity contribution is 7.90. The van der Waals surface area contributed by atoms with Crippen molar-refractivity contribution in [2.75, 3.05) is 14.2 Å². The largest absolute Gasteiger partial charge is 0.497 e. The van der Waals surface area contributed by atoms with Gasteiger partial charge in [0.1, 0.15) is 23.4 Å². The van der Waals surface area contributed by atoms with Gasteiger partial charge < -0.3 is 18.7 Å². The summed E-state index contributed by atoms with van der Waals surface area (Å²) >= 11 is 0. The van der Waals surface area contributed by atoms with Crippen molar-refractivity contribution in [1.29, 1.82) is 0 Å². The fourth-order valence-corrected chi connectivity index (χ4v) is 4.37. The van der Waals surface area contributed by atoms with Crippen molar-refractivity contribution in [3.05, 3.63) is 53.9 Å². The number of aliphatic imine (C=N–C) groups is 1. The second-order valence-corrected chi connectivity index (χ2v) is 8.59. The number of carbonyl (C=O) groups excluding carboxylic acids is 1. The molecule has 1 atom stereocenters. The van der Waals surface area contributed by atoms with Gasteiger partial charge in [-0.3, -0.25) is 9.71 Å². The number of amidine groups is 1. The summed E-state index contributed by atoms with van der Waals surface area (Å²) in [6.45, 7) is 1.22. The van der Waals surface area contributed by atoms with Gasteiger partial charge in [-0.15, -0.1) is 0 Å². The molecule has 11 nitrogen and oxygen atoms in total. The molecular formula is C21H20N4O7S. The molecule has 12 heteroatoms. The molecule has 1 N–H and O–H groups in total. The SMILES string of the molecule is COc1ccc(-c2noc(COC(=O)[C@H](C)N=C3NS(=O)(=O)c4ccccc43)n2)c(OC)c1. The van der Waals surface area contributed by atoms with Gasteiger partial charge in [0.15, 0.2) is 6.61 Å². The fourth-order valence-electron chi connectivity index (χ4n) is 3.14. The summed E-state index contributed by atoms with van der Waals surface area (Å²) in [5, 5.41) is 3.90. The molecule has 0 unspecified atom stereocenters. The Labute approximate surface area is 189 Å². The van der Waals surface area contributed by atoms with Crippen LogP contribution in [0.25, 0.3) is 11.4 Å². The molecule has 0 saturated heterocycles. The number of esters is 1. The van der Waals surface area contributed by atoms with E-state index in [1.807, 2.05) is 0 Å². The molecule has 1 aliphatic rings. The number of rotatable bonds is 7. The van der Waals surface area contributed by atoms with E-state index in [1.165, 1.54) is 20.1 Å². The standard InChI is InChI=1S/C21H20N4O7S/c1-12(22-20-15-6-4-5-7-17(15)33(27,28)25-20)21(26)31-11-18-23-19(24-32-18)14-9-8-13(29-2)10-16(14)30-3/h4-10,12H,11H2,1-3H3,(H,22,25)/t12-/m0/s1. The van der Waals surface area contributed by atoms with E-state index in [1.54, 1.807) is 43.5 Å². The van der Waals surface area contributed by atoms with Crippen molar-refractivity contribution in [2.24, 2.45) is 4.99 Å². The van der Waals surface area contributed by atoms with Gasteiger partial charge in [0.2, 0.25) is 5.82 Å². The molecule has 0 fully saturated rings. The fraction of sp³-hybridized carbons (Fsp3) is 0.238. The molecule has 33 heavy (non-hydrogen) atoms. The Morgan fingerprint density at radius 2 is 1.94 bits per heavy atom. The Kier molecular flexibility index (Phi) is 6.01. The van der Waals surface area contributed by atoms with Crippen LogP contribution in [0.3, 0.4) is 0 Å². The first-order valence-electron chi connectivity index (χ1n) is 9.74. The smallest absolute Gasteiger partial charge is 0.331 e. The van der Waals surface area contributed by atoms with E-state index in [0.717, 1.165) is 0 Å². The van der Waals surface area contributed by atoms with Crippen molar-refractivity contribution in [3.63, 3.8) is 0 Å². The van der Waals surface area contributed by atoms with Crippen molar-refractivity contribution < 1.29 is 31.9 Å². The molecule has 2 aromatic carbocycles. The molecule has 1 aromatic heterocycles. The minimum Gasteiger partial charge on any atom is -0.497 e. The lowest BCUT2D eigenvalue weighted by Crippen LogP contribution is -2.26. The van der Waals surface area contributed by atoms with E-state index in [9.17, 15) is 13.2 Å². The number of methoxy groups -OCH3 is 2.